The standard InChI is InChI=1S/C22H23N3O5/c1-24-22(29)19-18-15(11-25-9-8-13(10-25)21(23)28)16(27)6-7-17(18)30-20(19)12-2-4-14(26)5-3-12/h2-7,13,26-27H,8-11H2,1H3,(H2,23,28)(H,24,29). The molecule has 0 radical (unpaired) electrons. The summed E-state index contributed by atoms with van der Waals surface area (Å²) < 4.78 is 6.02. The lowest BCUT2D eigenvalue weighted by Crippen LogP contribution is -2.27. The number of carbonyl (C=O) groups excluding carboxylic acids is 2. The van der Waals surface area contributed by atoms with Gasteiger partial charge in [-0.3, -0.25) is 14.5 Å². The Labute approximate surface area is 172 Å². The Hall–Kier alpha value is -3.52. The molecule has 4 rings (SSSR count). The molecule has 0 aliphatic carbocycles. The van der Waals surface area contributed by atoms with Crippen molar-refractivity contribution in [2.45, 2.75) is 13.0 Å². The lowest BCUT2D eigenvalue weighted by molar-refractivity contribution is -0.121. The van der Waals surface area contributed by atoms with Crippen molar-refractivity contribution in [2.75, 3.05) is 20.1 Å². The van der Waals surface area contributed by atoms with Crippen LogP contribution in [-0.4, -0.2) is 47.1 Å². The monoisotopic (exact) mass is 409 g/mol. The largest absolute Gasteiger partial charge is 0.508 e. The van der Waals surface area contributed by atoms with Gasteiger partial charge in [-0.05, 0) is 49.4 Å². The molecule has 8 nitrogen and oxygen atoms in total. The number of hydrogen-bond acceptors (Lipinski definition) is 6. The van der Waals surface area contributed by atoms with Gasteiger partial charge in [0.2, 0.25) is 5.91 Å². The molecular weight excluding hydrogens is 386 g/mol. The molecule has 1 aliphatic rings. The van der Waals surface area contributed by atoms with Gasteiger partial charge in [-0.2, -0.15) is 0 Å². The fourth-order valence-electron chi connectivity index (χ4n) is 4.00. The maximum atomic E-state index is 12.8. The lowest BCUT2D eigenvalue weighted by Gasteiger charge is -2.17. The van der Waals surface area contributed by atoms with E-state index in [1.165, 1.54) is 25.2 Å². The number of phenolic OH excluding ortho intramolecular Hbond substituents is 2. The highest BCUT2D eigenvalue weighted by Gasteiger charge is 2.30. The predicted octanol–water partition coefficient (Wildman–Crippen LogP) is 2.18. The first-order valence-electron chi connectivity index (χ1n) is 9.69. The average Bonchev–Trinajstić information content (AvgIpc) is 3.35. The van der Waals surface area contributed by atoms with Gasteiger partial charge in [-0.25, -0.2) is 0 Å². The first-order chi connectivity index (χ1) is 14.4. The highest BCUT2D eigenvalue weighted by atomic mass is 16.3. The minimum Gasteiger partial charge on any atom is -0.508 e. The van der Waals surface area contributed by atoms with E-state index in [9.17, 15) is 19.8 Å². The maximum absolute atomic E-state index is 12.8. The van der Waals surface area contributed by atoms with E-state index in [0.717, 1.165) is 0 Å². The number of furan rings is 1. The van der Waals surface area contributed by atoms with Crippen LogP contribution in [-0.2, 0) is 11.3 Å². The normalized spacial score (nSPS) is 16.8. The third-order valence-corrected chi connectivity index (χ3v) is 5.58. The summed E-state index contributed by atoms with van der Waals surface area (Å²) in [6.45, 7) is 1.52. The fraction of sp³-hybridized carbons (Fsp3) is 0.273. The molecule has 1 atom stereocenters. The summed E-state index contributed by atoms with van der Waals surface area (Å²) >= 11 is 0. The van der Waals surface area contributed by atoms with Gasteiger partial charge in [-0.1, -0.05) is 0 Å². The molecule has 2 aromatic carbocycles. The Kier molecular flexibility index (Phi) is 5.09. The van der Waals surface area contributed by atoms with Gasteiger partial charge in [-0.15, -0.1) is 0 Å². The summed E-state index contributed by atoms with van der Waals surface area (Å²) in [7, 11) is 1.53. The maximum Gasteiger partial charge on any atom is 0.255 e. The van der Waals surface area contributed by atoms with Crippen LogP contribution in [0.4, 0.5) is 0 Å². The summed E-state index contributed by atoms with van der Waals surface area (Å²) in [5.74, 6) is -0.390. The molecule has 2 heterocycles. The number of benzene rings is 2. The zero-order valence-electron chi connectivity index (χ0n) is 16.5. The van der Waals surface area contributed by atoms with Crippen LogP contribution in [0.25, 0.3) is 22.3 Å². The van der Waals surface area contributed by atoms with Gasteiger partial charge >= 0.3 is 0 Å². The first kappa shape index (κ1) is 19.8. The van der Waals surface area contributed by atoms with Crippen molar-refractivity contribution in [3.63, 3.8) is 0 Å². The van der Waals surface area contributed by atoms with Gasteiger partial charge in [0, 0.05) is 36.7 Å². The molecule has 5 N–H and O–H groups in total. The molecule has 1 saturated heterocycles. The highest BCUT2D eigenvalue weighted by molar-refractivity contribution is 6.12. The van der Waals surface area contributed by atoms with Gasteiger partial charge in [0.25, 0.3) is 5.91 Å². The molecule has 1 aromatic heterocycles. The van der Waals surface area contributed by atoms with Gasteiger partial charge in [0.05, 0.1) is 11.5 Å². The molecule has 0 saturated carbocycles. The van der Waals surface area contributed by atoms with Crippen LogP contribution < -0.4 is 11.1 Å². The van der Waals surface area contributed by atoms with E-state index in [4.69, 9.17) is 10.2 Å². The number of amides is 2. The topological polar surface area (TPSA) is 129 Å². The molecule has 1 fully saturated rings. The number of hydrogen-bond donors (Lipinski definition) is 4. The van der Waals surface area contributed by atoms with Crippen molar-refractivity contribution in [1.82, 2.24) is 10.2 Å². The van der Waals surface area contributed by atoms with Crippen LogP contribution >= 0.6 is 0 Å². The van der Waals surface area contributed by atoms with Crippen LogP contribution in [0.2, 0.25) is 0 Å². The fourth-order valence-corrected chi connectivity index (χ4v) is 4.00. The van der Waals surface area contributed by atoms with E-state index < -0.39 is 0 Å². The predicted molar refractivity (Wildman–Crippen MR) is 111 cm³/mol. The van der Waals surface area contributed by atoms with Gasteiger partial charge in [0.1, 0.15) is 22.8 Å². The molecule has 8 heteroatoms. The Bertz CT molecular complexity index is 1120. The number of likely N-dealkylation sites (tertiary alicyclic amines) is 1. The summed E-state index contributed by atoms with van der Waals surface area (Å²) in [6.07, 6.45) is 0.665. The van der Waals surface area contributed by atoms with Crippen LogP contribution in [0.5, 0.6) is 11.5 Å². The average molecular weight is 409 g/mol. The van der Waals surface area contributed by atoms with Crippen LogP contribution in [0.15, 0.2) is 40.8 Å². The molecular formula is C22H23N3O5. The SMILES string of the molecule is CNC(=O)c1c(-c2ccc(O)cc2)oc2ccc(O)c(CN3CCC(C(N)=O)C3)c12. The van der Waals surface area contributed by atoms with E-state index >= 15 is 0 Å². The summed E-state index contributed by atoms with van der Waals surface area (Å²) in [4.78, 5) is 26.4. The van der Waals surface area contributed by atoms with Crippen LogP contribution in [0, 0.1) is 5.92 Å². The molecule has 156 valence electrons. The van der Waals surface area contributed by atoms with Crippen molar-refractivity contribution in [3.8, 4) is 22.8 Å². The van der Waals surface area contributed by atoms with E-state index in [1.54, 1.807) is 18.2 Å². The summed E-state index contributed by atoms with van der Waals surface area (Å²) in [6, 6.07) is 9.52. The van der Waals surface area contributed by atoms with Crippen LogP contribution in [0.1, 0.15) is 22.3 Å². The number of carbonyl (C=O) groups is 2. The summed E-state index contributed by atoms with van der Waals surface area (Å²) in [5, 5.41) is 23.4. The second kappa shape index (κ2) is 7.72. The number of rotatable bonds is 5. The number of primary amides is 1. The number of nitrogens with two attached hydrogens (primary N) is 1. The Balaban J connectivity index is 1.84. The second-order valence-corrected chi connectivity index (χ2v) is 7.49. The van der Waals surface area contributed by atoms with Crippen molar-refractivity contribution in [1.29, 1.82) is 0 Å². The van der Waals surface area contributed by atoms with Crippen molar-refractivity contribution in [2.24, 2.45) is 11.7 Å². The minimum absolute atomic E-state index is 0.0493. The third kappa shape index (κ3) is 3.46. The zero-order chi connectivity index (χ0) is 21.4. The molecule has 1 unspecified atom stereocenters. The highest BCUT2D eigenvalue weighted by Crippen LogP contribution is 2.39. The Morgan fingerprint density at radius 1 is 1.20 bits per heavy atom. The van der Waals surface area contributed by atoms with E-state index in [-0.39, 0.29) is 29.2 Å². The van der Waals surface area contributed by atoms with Crippen LogP contribution in [0.3, 0.4) is 0 Å². The molecule has 3 aromatic rings. The molecule has 30 heavy (non-hydrogen) atoms. The first-order valence-corrected chi connectivity index (χ1v) is 9.69. The Morgan fingerprint density at radius 2 is 1.93 bits per heavy atom. The van der Waals surface area contributed by atoms with E-state index in [2.05, 4.69) is 5.32 Å². The van der Waals surface area contributed by atoms with Gasteiger partial charge < -0.3 is 25.7 Å². The lowest BCUT2D eigenvalue weighted by atomic mass is 10.00. The molecule has 2 amide bonds. The minimum atomic E-state index is -0.347. The molecule has 0 bridgehead atoms. The molecule has 0 spiro atoms. The number of fused-ring (bicyclic) bond motifs is 1. The summed E-state index contributed by atoms with van der Waals surface area (Å²) in [5.41, 5.74) is 7.40. The quantitative estimate of drug-likeness (QED) is 0.511. The van der Waals surface area contributed by atoms with Crippen molar-refractivity contribution >= 4 is 22.8 Å². The number of nitrogens with zero attached hydrogens (tertiary/aromatic N) is 1. The van der Waals surface area contributed by atoms with Crippen molar-refractivity contribution < 1.29 is 24.2 Å². The number of aromatic hydroxyl groups is 2. The van der Waals surface area contributed by atoms with Gasteiger partial charge in [0.15, 0.2) is 0 Å². The second-order valence-electron chi connectivity index (χ2n) is 7.49. The smallest absolute Gasteiger partial charge is 0.255 e. The number of phenols is 2. The molecule has 1 aliphatic heterocycles. The van der Waals surface area contributed by atoms with E-state index in [1.807, 2.05) is 4.90 Å². The zero-order valence-corrected chi connectivity index (χ0v) is 16.5. The number of nitrogens with one attached hydrogen (secondary N) is 1. The third-order valence-electron chi connectivity index (χ3n) is 5.58. The Morgan fingerprint density at radius 3 is 2.57 bits per heavy atom. The van der Waals surface area contributed by atoms with E-state index in [0.29, 0.717) is 59.5 Å². The van der Waals surface area contributed by atoms with Crippen molar-refractivity contribution in [3.05, 3.63) is 47.5 Å².